The summed E-state index contributed by atoms with van der Waals surface area (Å²) >= 11 is 11.4. The molecule has 0 bridgehead atoms. The van der Waals surface area contributed by atoms with E-state index in [1.54, 1.807) is 0 Å². The third-order valence-electron chi connectivity index (χ3n) is 3.01. The highest BCUT2D eigenvalue weighted by Gasteiger charge is 2.25. The van der Waals surface area contributed by atoms with E-state index in [0.29, 0.717) is 11.4 Å². The molecule has 0 spiro atoms. The van der Waals surface area contributed by atoms with E-state index in [1.807, 2.05) is 25.1 Å². The molecule has 0 fully saturated rings. The molecule has 100 valence electrons. The van der Waals surface area contributed by atoms with Crippen molar-refractivity contribution in [3.8, 4) is 0 Å². The molecule has 0 saturated heterocycles. The lowest BCUT2D eigenvalue weighted by Gasteiger charge is -2.29. The lowest BCUT2D eigenvalue weighted by Crippen LogP contribution is -2.46. The van der Waals surface area contributed by atoms with E-state index in [-0.39, 0.29) is 11.4 Å². The topological polar surface area (TPSA) is 29.1 Å². The van der Waals surface area contributed by atoms with Crippen molar-refractivity contribution in [2.75, 3.05) is 5.88 Å². The molecule has 0 aromatic heterocycles. The molecule has 0 heterocycles. The van der Waals surface area contributed by atoms with Crippen molar-refractivity contribution in [2.24, 2.45) is 0 Å². The Labute approximate surface area is 135 Å². The van der Waals surface area contributed by atoms with Gasteiger partial charge in [0.1, 0.15) is 0 Å². The van der Waals surface area contributed by atoms with Crippen LogP contribution in [0.5, 0.6) is 0 Å². The van der Waals surface area contributed by atoms with E-state index in [0.717, 1.165) is 20.9 Å². The number of alkyl halides is 1. The lowest BCUT2D eigenvalue weighted by molar-refractivity contribution is 0.0900. The zero-order chi connectivity index (χ0) is 13.8. The second kappa shape index (κ2) is 7.10. The number of halogens is 3. The van der Waals surface area contributed by atoms with Crippen LogP contribution in [0.4, 0.5) is 0 Å². The van der Waals surface area contributed by atoms with Crippen molar-refractivity contribution in [3.05, 3.63) is 31.8 Å². The summed E-state index contributed by atoms with van der Waals surface area (Å²) in [5.41, 5.74) is 0.413. The number of carbonyl (C=O) groups is 1. The summed E-state index contributed by atoms with van der Waals surface area (Å²) in [4.78, 5) is 12.3. The minimum Gasteiger partial charge on any atom is -0.347 e. The van der Waals surface area contributed by atoms with Gasteiger partial charge in [-0.15, -0.1) is 11.6 Å². The molecule has 0 aliphatic carbocycles. The van der Waals surface area contributed by atoms with Crippen LogP contribution in [0, 0.1) is 3.57 Å². The van der Waals surface area contributed by atoms with Crippen LogP contribution in [0.15, 0.2) is 22.7 Å². The van der Waals surface area contributed by atoms with Crippen LogP contribution in [-0.4, -0.2) is 17.3 Å². The Morgan fingerprint density at radius 3 is 2.78 bits per heavy atom. The molecular weight excluding hydrogens is 428 g/mol. The van der Waals surface area contributed by atoms with E-state index in [2.05, 4.69) is 50.8 Å². The molecular formula is C13H16BrClINO. The monoisotopic (exact) mass is 443 g/mol. The maximum atomic E-state index is 12.3. The zero-order valence-corrected chi connectivity index (χ0v) is 14.9. The first-order chi connectivity index (χ1) is 8.41. The third-order valence-corrected chi connectivity index (χ3v) is 4.57. The van der Waals surface area contributed by atoms with E-state index in [4.69, 9.17) is 11.6 Å². The Hall–Kier alpha value is 0.190. The maximum absolute atomic E-state index is 12.3. The molecule has 0 aliphatic heterocycles. The van der Waals surface area contributed by atoms with Gasteiger partial charge in [0.25, 0.3) is 5.91 Å². The van der Waals surface area contributed by atoms with Gasteiger partial charge in [-0.3, -0.25) is 4.79 Å². The summed E-state index contributed by atoms with van der Waals surface area (Å²) in [6, 6.07) is 5.72. The van der Waals surface area contributed by atoms with E-state index in [9.17, 15) is 4.79 Å². The summed E-state index contributed by atoms with van der Waals surface area (Å²) in [6.45, 7) is 4.08. The summed E-state index contributed by atoms with van der Waals surface area (Å²) in [5, 5.41) is 3.07. The predicted molar refractivity (Wildman–Crippen MR) is 88.4 cm³/mol. The Morgan fingerprint density at radius 1 is 1.56 bits per heavy atom. The average Bonchev–Trinajstić information content (AvgIpc) is 2.32. The van der Waals surface area contributed by atoms with Gasteiger partial charge >= 0.3 is 0 Å². The van der Waals surface area contributed by atoms with Crippen molar-refractivity contribution in [1.82, 2.24) is 5.32 Å². The number of carbonyl (C=O) groups excluding carboxylic acids is 1. The van der Waals surface area contributed by atoms with Crippen LogP contribution in [0.3, 0.4) is 0 Å². The largest absolute Gasteiger partial charge is 0.347 e. The van der Waals surface area contributed by atoms with Gasteiger partial charge in [-0.25, -0.2) is 0 Å². The standard InChI is InChI=1S/C13H16BrClINO/c1-3-13(2,6-7-15)17-12(18)10-8-9(16)4-5-11(10)14/h4-5,8H,3,6-7H2,1-2H3,(H,17,18). The summed E-state index contributed by atoms with van der Waals surface area (Å²) in [5.74, 6) is 0.479. The molecule has 1 N–H and O–H groups in total. The Kier molecular flexibility index (Phi) is 6.41. The highest BCUT2D eigenvalue weighted by molar-refractivity contribution is 14.1. The van der Waals surface area contributed by atoms with Crippen LogP contribution in [0.2, 0.25) is 0 Å². The van der Waals surface area contributed by atoms with Crippen molar-refractivity contribution >= 4 is 56.0 Å². The lowest BCUT2D eigenvalue weighted by atomic mass is 9.95. The van der Waals surface area contributed by atoms with Gasteiger partial charge < -0.3 is 5.32 Å². The molecule has 5 heteroatoms. The van der Waals surface area contributed by atoms with Gasteiger partial charge in [-0.05, 0) is 76.5 Å². The van der Waals surface area contributed by atoms with E-state index in [1.165, 1.54) is 0 Å². The van der Waals surface area contributed by atoms with Crippen LogP contribution >= 0.6 is 50.1 Å². The quantitative estimate of drug-likeness (QED) is 0.523. The predicted octanol–water partition coefficient (Wildman–Crippen LogP) is 4.58. The second-order valence-corrected chi connectivity index (χ2v) is 6.91. The smallest absolute Gasteiger partial charge is 0.252 e. The highest BCUT2D eigenvalue weighted by atomic mass is 127. The highest BCUT2D eigenvalue weighted by Crippen LogP contribution is 2.22. The van der Waals surface area contributed by atoms with Crippen molar-refractivity contribution in [2.45, 2.75) is 32.2 Å². The number of nitrogens with one attached hydrogen (secondary N) is 1. The van der Waals surface area contributed by atoms with Gasteiger partial charge in [0, 0.05) is 19.5 Å². The molecule has 2 nitrogen and oxygen atoms in total. The minimum absolute atomic E-state index is 0.0603. The fourth-order valence-electron chi connectivity index (χ4n) is 1.55. The summed E-state index contributed by atoms with van der Waals surface area (Å²) in [7, 11) is 0. The van der Waals surface area contributed by atoms with Crippen LogP contribution in [0.1, 0.15) is 37.0 Å². The first-order valence-corrected chi connectivity index (χ1v) is 8.16. The Balaban J connectivity index is 2.90. The fourth-order valence-corrected chi connectivity index (χ4v) is 2.88. The van der Waals surface area contributed by atoms with Crippen molar-refractivity contribution in [1.29, 1.82) is 0 Å². The Bertz CT molecular complexity index is 441. The fraction of sp³-hybridized carbons (Fsp3) is 0.462. The molecule has 1 amide bonds. The molecule has 0 radical (unpaired) electrons. The van der Waals surface area contributed by atoms with E-state index >= 15 is 0 Å². The molecule has 1 aromatic carbocycles. The molecule has 0 saturated carbocycles. The molecule has 1 aromatic rings. The van der Waals surface area contributed by atoms with Gasteiger partial charge in [-0.2, -0.15) is 0 Å². The van der Waals surface area contributed by atoms with Gasteiger partial charge in [0.15, 0.2) is 0 Å². The van der Waals surface area contributed by atoms with Crippen molar-refractivity contribution < 1.29 is 4.79 Å². The first-order valence-electron chi connectivity index (χ1n) is 5.75. The minimum atomic E-state index is -0.250. The second-order valence-electron chi connectivity index (χ2n) is 4.43. The zero-order valence-electron chi connectivity index (χ0n) is 10.4. The number of amides is 1. The third kappa shape index (κ3) is 4.38. The number of hydrogen-bond acceptors (Lipinski definition) is 1. The molecule has 1 rings (SSSR count). The van der Waals surface area contributed by atoms with Crippen LogP contribution < -0.4 is 5.32 Å². The number of rotatable bonds is 5. The van der Waals surface area contributed by atoms with Crippen LogP contribution in [-0.2, 0) is 0 Å². The van der Waals surface area contributed by atoms with Gasteiger partial charge in [0.2, 0.25) is 0 Å². The molecule has 18 heavy (non-hydrogen) atoms. The van der Waals surface area contributed by atoms with Crippen molar-refractivity contribution in [3.63, 3.8) is 0 Å². The number of benzene rings is 1. The first kappa shape index (κ1) is 16.2. The molecule has 1 atom stereocenters. The van der Waals surface area contributed by atoms with Gasteiger partial charge in [-0.1, -0.05) is 6.92 Å². The molecule has 1 unspecified atom stereocenters. The van der Waals surface area contributed by atoms with E-state index < -0.39 is 0 Å². The normalized spacial score (nSPS) is 14.1. The van der Waals surface area contributed by atoms with Gasteiger partial charge in [0.05, 0.1) is 5.56 Å². The molecule has 0 aliphatic rings. The summed E-state index contributed by atoms with van der Waals surface area (Å²) in [6.07, 6.45) is 1.62. The summed E-state index contributed by atoms with van der Waals surface area (Å²) < 4.78 is 1.85. The number of hydrogen-bond donors (Lipinski definition) is 1. The SMILES string of the molecule is CCC(C)(CCCl)NC(=O)c1cc(I)ccc1Br. The van der Waals surface area contributed by atoms with Crippen LogP contribution in [0.25, 0.3) is 0 Å². The maximum Gasteiger partial charge on any atom is 0.252 e. The Morgan fingerprint density at radius 2 is 2.22 bits per heavy atom. The average molecular weight is 445 g/mol.